The third-order valence-corrected chi connectivity index (χ3v) is 4.94. The van der Waals surface area contributed by atoms with Gasteiger partial charge < -0.3 is 10.4 Å². The van der Waals surface area contributed by atoms with Crippen LogP contribution in [0, 0.1) is 11.8 Å². The highest BCUT2D eigenvalue weighted by atomic mass is 32.2. The van der Waals surface area contributed by atoms with Crippen LogP contribution in [-0.4, -0.2) is 34.5 Å². The molecule has 2 atom stereocenters. The SMILES string of the molecule is CSC1CCC(NC(=O)[C@@H]2C[C@@H]2C(=O)O)CC1. The summed E-state index contributed by atoms with van der Waals surface area (Å²) in [7, 11) is 0. The molecule has 17 heavy (non-hydrogen) atoms. The third kappa shape index (κ3) is 3.15. The monoisotopic (exact) mass is 257 g/mol. The summed E-state index contributed by atoms with van der Waals surface area (Å²) >= 11 is 1.90. The van der Waals surface area contributed by atoms with E-state index in [1.54, 1.807) is 0 Å². The first kappa shape index (κ1) is 12.7. The fraction of sp³-hybridized carbons (Fsp3) is 0.833. The highest BCUT2D eigenvalue weighted by Gasteiger charge is 2.48. The minimum Gasteiger partial charge on any atom is -0.481 e. The van der Waals surface area contributed by atoms with E-state index >= 15 is 0 Å². The predicted octanol–water partition coefficient (Wildman–Crippen LogP) is 1.50. The van der Waals surface area contributed by atoms with Gasteiger partial charge in [0.1, 0.15) is 0 Å². The van der Waals surface area contributed by atoms with Crippen molar-refractivity contribution in [3.8, 4) is 0 Å². The number of carboxylic acid groups (broad SMARTS) is 1. The van der Waals surface area contributed by atoms with E-state index in [4.69, 9.17) is 5.11 Å². The third-order valence-electron chi connectivity index (χ3n) is 3.80. The van der Waals surface area contributed by atoms with Crippen molar-refractivity contribution < 1.29 is 14.7 Å². The van der Waals surface area contributed by atoms with Crippen LogP contribution < -0.4 is 5.32 Å². The van der Waals surface area contributed by atoms with Crippen molar-refractivity contribution in [2.75, 3.05) is 6.26 Å². The molecule has 0 saturated heterocycles. The first-order valence-corrected chi connectivity index (χ1v) is 7.46. The van der Waals surface area contributed by atoms with Gasteiger partial charge in [0.2, 0.25) is 5.91 Å². The van der Waals surface area contributed by atoms with E-state index in [9.17, 15) is 9.59 Å². The number of amides is 1. The zero-order chi connectivity index (χ0) is 12.4. The summed E-state index contributed by atoms with van der Waals surface area (Å²) in [5.41, 5.74) is 0. The Kier molecular flexibility index (Phi) is 3.97. The zero-order valence-corrected chi connectivity index (χ0v) is 10.8. The van der Waals surface area contributed by atoms with Gasteiger partial charge in [0.15, 0.2) is 0 Å². The second-order valence-electron chi connectivity index (χ2n) is 5.00. The van der Waals surface area contributed by atoms with Crippen molar-refractivity contribution in [1.29, 1.82) is 0 Å². The van der Waals surface area contributed by atoms with Crippen LogP contribution in [0.25, 0.3) is 0 Å². The average Bonchev–Trinajstić information content (AvgIpc) is 3.10. The molecular weight excluding hydrogens is 238 g/mol. The molecule has 2 saturated carbocycles. The number of carbonyl (C=O) groups is 2. The molecule has 0 aliphatic heterocycles. The van der Waals surface area contributed by atoms with Crippen LogP contribution in [0.1, 0.15) is 32.1 Å². The summed E-state index contributed by atoms with van der Waals surface area (Å²) in [4.78, 5) is 22.4. The minimum atomic E-state index is -0.837. The lowest BCUT2D eigenvalue weighted by Gasteiger charge is -2.28. The van der Waals surface area contributed by atoms with E-state index in [1.807, 2.05) is 11.8 Å². The van der Waals surface area contributed by atoms with Crippen LogP contribution in [-0.2, 0) is 9.59 Å². The maximum Gasteiger partial charge on any atom is 0.307 e. The molecule has 2 aliphatic carbocycles. The number of rotatable bonds is 4. The molecule has 0 unspecified atom stereocenters. The van der Waals surface area contributed by atoms with E-state index in [0.29, 0.717) is 6.42 Å². The van der Waals surface area contributed by atoms with Gasteiger partial charge in [0, 0.05) is 11.3 Å². The Morgan fingerprint density at radius 2 is 1.82 bits per heavy atom. The van der Waals surface area contributed by atoms with Crippen molar-refractivity contribution in [1.82, 2.24) is 5.32 Å². The van der Waals surface area contributed by atoms with E-state index < -0.39 is 11.9 Å². The zero-order valence-electron chi connectivity index (χ0n) is 10.0. The van der Waals surface area contributed by atoms with E-state index in [2.05, 4.69) is 11.6 Å². The van der Waals surface area contributed by atoms with Crippen LogP contribution in [0.5, 0.6) is 0 Å². The Morgan fingerprint density at radius 1 is 1.18 bits per heavy atom. The molecule has 2 N–H and O–H groups in total. The lowest BCUT2D eigenvalue weighted by molar-refractivity contribution is -0.140. The lowest BCUT2D eigenvalue weighted by Crippen LogP contribution is -2.39. The molecule has 2 fully saturated rings. The fourth-order valence-electron chi connectivity index (χ4n) is 2.51. The Morgan fingerprint density at radius 3 is 2.29 bits per heavy atom. The molecule has 0 spiro atoms. The Bertz CT molecular complexity index is 313. The Balaban J connectivity index is 1.72. The van der Waals surface area contributed by atoms with Crippen molar-refractivity contribution in [3.63, 3.8) is 0 Å². The molecule has 2 aliphatic rings. The van der Waals surface area contributed by atoms with Crippen LogP contribution in [0.15, 0.2) is 0 Å². The predicted molar refractivity (Wildman–Crippen MR) is 66.9 cm³/mol. The van der Waals surface area contributed by atoms with Gasteiger partial charge >= 0.3 is 5.97 Å². The van der Waals surface area contributed by atoms with Crippen LogP contribution >= 0.6 is 11.8 Å². The van der Waals surface area contributed by atoms with Gasteiger partial charge in [-0.05, 0) is 38.4 Å². The molecule has 0 heterocycles. The molecule has 0 bridgehead atoms. The number of carboxylic acids is 1. The molecule has 0 aromatic rings. The van der Waals surface area contributed by atoms with Gasteiger partial charge in [-0.25, -0.2) is 0 Å². The van der Waals surface area contributed by atoms with Crippen molar-refractivity contribution in [2.24, 2.45) is 11.8 Å². The molecule has 0 aromatic heterocycles. The molecule has 96 valence electrons. The minimum absolute atomic E-state index is 0.0509. The van der Waals surface area contributed by atoms with Crippen LogP contribution in [0.4, 0.5) is 0 Å². The number of aliphatic carboxylic acids is 1. The second-order valence-corrected chi connectivity index (χ2v) is 6.14. The number of hydrogen-bond donors (Lipinski definition) is 2. The maximum absolute atomic E-state index is 11.8. The molecule has 4 nitrogen and oxygen atoms in total. The molecule has 1 amide bonds. The highest BCUT2D eigenvalue weighted by molar-refractivity contribution is 7.99. The second kappa shape index (κ2) is 5.29. The van der Waals surface area contributed by atoms with Gasteiger partial charge in [-0.3, -0.25) is 9.59 Å². The summed E-state index contributed by atoms with van der Waals surface area (Å²) in [5, 5.41) is 12.5. The van der Waals surface area contributed by atoms with Gasteiger partial charge in [-0.2, -0.15) is 11.8 Å². The average molecular weight is 257 g/mol. The largest absolute Gasteiger partial charge is 0.481 e. The van der Waals surface area contributed by atoms with Crippen molar-refractivity contribution in [3.05, 3.63) is 0 Å². The molecule has 0 aromatic carbocycles. The van der Waals surface area contributed by atoms with Crippen molar-refractivity contribution >= 4 is 23.6 Å². The maximum atomic E-state index is 11.8. The first-order chi connectivity index (χ1) is 8.11. The number of hydrogen-bond acceptors (Lipinski definition) is 3. The summed E-state index contributed by atoms with van der Waals surface area (Å²) in [6, 6.07) is 0.265. The molecule has 2 rings (SSSR count). The van der Waals surface area contributed by atoms with E-state index in [1.165, 1.54) is 0 Å². The van der Waals surface area contributed by atoms with Gasteiger partial charge in [-0.1, -0.05) is 0 Å². The van der Waals surface area contributed by atoms with Crippen LogP contribution in [0.2, 0.25) is 0 Å². The smallest absolute Gasteiger partial charge is 0.307 e. The molecule has 0 radical (unpaired) electrons. The summed E-state index contributed by atoms with van der Waals surface area (Å²) in [6.45, 7) is 0. The summed E-state index contributed by atoms with van der Waals surface area (Å²) in [6.07, 6.45) is 7.01. The Hall–Kier alpha value is -0.710. The molecular formula is C12H19NO3S. The van der Waals surface area contributed by atoms with Gasteiger partial charge in [0.05, 0.1) is 11.8 Å². The quantitative estimate of drug-likeness (QED) is 0.801. The Labute approximate surface area is 106 Å². The first-order valence-electron chi connectivity index (χ1n) is 6.17. The van der Waals surface area contributed by atoms with Crippen molar-refractivity contribution in [2.45, 2.75) is 43.4 Å². The standard InChI is InChI=1S/C12H19NO3S/c1-17-8-4-2-7(3-5-8)13-11(14)9-6-10(9)12(15)16/h7-10H,2-6H2,1H3,(H,13,14)(H,15,16)/t7?,8?,9-,10+/m1/s1. The number of carbonyl (C=O) groups excluding carboxylic acids is 1. The normalized spacial score (nSPS) is 36.3. The number of nitrogens with one attached hydrogen (secondary N) is 1. The van der Waals surface area contributed by atoms with Gasteiger partial charge in [0.25, 0.3) is 0 Å². The summed E-state index contributed by atoms with van der Waals surface area (Å²) in [5.74, 6) is -1.59. The highest BCUT2D eigenvalue weighted by Crippen LogP contribution is 2.39. The molecule has 5 heteroatoms. The number of thioether (sulfide) groups is 1. The lowest BCUT2D eigenvalue weighted by atomic mass is 9.95. The van der Waals surface area contributed by atoms with Gasteiger partial charge in [-0.15, -0.1) is 0 Å². The summed E-state index contributed by atoms with van der Waals surface area (Å²) < 4.78 is 0. The van der Waals surface area contributed by atoms with Crippen LogP contribution in [0.3, 0.4) is 0 Å². The van der Waals surface area contributed by atoms with E-state index in [-0.39, 0.29) is 17.9 Å². The fourth-order valence-corrected chi connectivity index (χ4v) is 3.25. The van der Waals surface area contributed by atoms with E-state index in [0.717, 1.165) is 30.9 Å². The topological polar surface area (TPSA) is 66.4 Å².